The fourth-order valence-corrected chi connectivity index (χ4v) is 4.76. The van der Waals surface area contributed by atoms with Crippen molar-refractivity contribution in [3.05, 3.63) is 59.0 Å². The van der Waals surface area contributed by atoms with Crippen LogP contribution in [0.5, 0.6) is 0 Å². The van der Waals surface area contributed by atoms with Crippen LogP contribution in [0.1, 0.15) is 50.0 Å². The summed E-state index contributed by atoms with van der Waals surface area (Å²) in [5, 5.41) is 13.4. The lowest BCUT2D eigenvalue weighted by molar-refractivity contribution is -0.119. The van der Waals surface area contributed by atoms with Crippen molar-refractivity contribution in [3.63, 3.8) is 0 Å². The lowest BCUT2D eigenvalue weighted by Crippen LogP contribution is -2.32. The molecule has 1 aromatic carbocycles. The molecule has 0 bridgehead atoms. The minimum atomic E-state index is -0.0507. The van der Waals surface area contributed by atoms with Crippen LogP contribution in [0, 0.1) is 0 Å². The zero-order valence-electron chi connectivity index (χ0n) is 18.2. The Labute approximate surface area is 197 Å². The molecule has 9 heteroatoms. The van der Waals surface area contributed by atoms with Crippen molar-refractivity contribution in [1.29, 1.82) is 0 Å². The molecule has 0 saturated carbocycles. The van der Waals surface area contributed by atoms with E-state index in [1.54, 1.807) is 6.26 Å². The molecule has 1 unspecified atom stereocenters. The number of amides is 1. The van der Waals surface area contributed by atoms with E-state index in [1.165, 1.54) is 18.2 Å². The van der Waals surface area contributed by atoms with Crippen LogP contribution < -0.4 is 10.2 Å². The second kappa shape index (κ2) is 10.9. The largest absolute Gasteiger partial charge is 0.467 e. The summed E-state index contributed by atoms with van der Waals surface area (Å²) in [7, 11) is 0. The number of anilines is 1. The summed E-state index contributed by atoms with van der Waals surface area (Å²) in [6.07, 6.45) is 6.02. The Hall–Kier alpha value is -2.45. The van der Waals surface area contributed by atoms with Crippen molar-refractivity contribution in [2.75, 3.05) is 23.7 Å². The van der Waals surface area contributed by atoms with Gasteiger partial charge in [-0.05, 0) is 55.5 Å². The molecule has 1 aliphatic rings. The quantitative estimate of drug-likeness (QED) is 0.444. The van der Waals surface area contributed by atoms with Crippen molar-refractivity contribution < 1.29 is 9.21 Å². The van der Waals surface area contributed by atoms with Gasteiger partial charge < -0.3 is 14.6 Å². The molecule has 3 heterocycles. The molecule has 32 heavy (non-hydrogen) atoms. The average molecular weight is 474 g/mol. The van der Waals surface area contributed by atoms with Crippen LogP contribution in [0.3, 0.4) is 0 Å². The Morgan fingerprint density at radius 2 is 1.97 bits per heavy atom. The molecule has 4 rings (SSSR count). The second-order valence-corrected chi connectivity index (χ2v) is 9.24. The van der Waals surface area contributed by atoms with Gasteiger partial charge in [0.15, 0.2) is 5.16 Å². The number of hydrogen-bond donors (Lipinski definition) is 1. The predicted octanol–water partition coefficient (Wildman–Crippen LogP) is 4.92. The predicted molar refractivity (Wildman–Crippen MR) is 127 cm³/mol. The number of aromatic nitrogens is 3. The van der Waals surface area contributed by atoms with E-state index < -0.39 is 0 Å². The first kappa shape index (κ1) is 22.7. The molecule has 1 saturated heterocycles. The Balaban J connectivity index is 1.44. The topological polar surface area (TPSA) is 76.2 Å². The van der Waals surface area contributed by atoms with Gasteiger partial charge in [0.25, 0.3) is 0 Å². The van der Waals surface area contributed by atoms with E-state index in [-0.39, 0.29) is 17.7 Å². The molecule has 1 amide bonds. The van der Waals surface area contributed by atoms with Gasteiger partial charge in [-0.15, -0.1) is 10.2 Å². The summed E-state index contributed by atoms with van der Waals surface area (Å²) < 4.78 is 7.62. The SMILES string of the molecule is CCC(NC(=O)CSc1nnc(N2CCCCC2)n1Cc1ccco1)c1ccc(Cl)cc1. The highest BCUT2D eigenvalue weighted by atomic mass is 35.5. The third kappa shape index (κ3) is 5.66. The summed E-state index contributed by atoms with van der Waals surface area (Å²) >= 11 is 7.39. The van der Waals surface area contributed by atoms with Crippen molar-refractivity contribution >= 4 is 35.2 Å². The van der Waals surface area contributed by atoms with Gasteiger partial charge in [-0.25, -0.2) is 0 Å². The zero-order chi connectivity index (χ0) is 22.3. The monoisotopic (exact) mass is 473 g/mol. The van der Waals surface area contributed by atoms with Crippen LogP contribution in [0.15, 0.2) is 52.2 Å². The zero-order valence-corrected chi connectivity index (χ0v) is 19.7. The lowest BCUT2D eigenvalue weighted by atomic mass is 10.0. The number of furan rings is 1. The lowest BCUT2D eigenvalue weighted by Gasteiger charge is -2.27. The highest BCUT2D eigenvalue weighted by Crippen LogP contribution is 2.26. The summed E-state index contributed by atoms with van der Waals surface area (Å²) in [6.45, 7) is 4.54. The van der Waals surface area contributed by atoms with Crippen LogP contribution in [0.4, 0.5) is 5.95 Å². The standard InChI is InChI=1S/C23H28ClN5O2S/c1-2-20(17-8-10-18(24)11-9-17)25-21(30)16-32-23-27-26-22(28-12-4-3-5-13-28)29(23)15-19-7-6-14-31-19/h6-11,14,20H,2-5,12-13,15-16H2,1H3,(H,25,30). The van der Waals surface area contributed by atoms with Crippen molar-refractivity contribution in [3.8, 4) is 0 Å². The molecule has 1 aliphatic heterocycles. The van der Waals surface area contributed by atoms with E-state index >= 15 is 0 Å². The summed E-state index contributed by atoms with van der Waals surface area (Å²) in [4.78, 5) is 15.0. The first-order chi connectivity index (χ1) is 15.6. The Morgan fingerprint density at radius 1 is 1.19 bits per heavy atom. The van der Waals surface area contributed by atoms with E-state index in [0.29, 0.717) is 11.6 Å². The first-order valence-corrected chi connectivity index (χ1v) is 12.4. The molecule has 170 valence electrons. The van der Waals surface area contributed by atoms with Gasteiger partial charge in [-0.3, -0.25) is 9.36 Å². The third-order valence-electron chi connectivity index (χ3n) is 5.58. The normalized spacial score (nSPS) is 15.0. The number of thioether (sulfide) groups is 1. The van der Waals surface area contributed by atoms with Gasteiger partial charge in [-0.1, -0.05) is 42.4 Å². The second-order valence-electron chi connectivity index (χ2n) is 7.86. The molecule has 2 aromatic heterocycles. The minimum Gasteiger partial charge on any atom is -0.467 e. The van der Waals surface area contributed by atoms with Gasteiger partial charge in [0.1, 0.15) is 5.76 Å². The van der Waals surface area contributed by atoms with Crippen molar-refractivity contribution in [2.24, 2.45) is 0 Å². The smallest absolute Gasteiger partial charge is 0.230 e. The Kier molecular flexibility index (Phi) is 7.76. The Morgan fingerprint density at radius 3 is 2.66 bits per heavy atom. The van der Waals surface area contributed by atoms with Crippen LogP contribution in [0.2, 0.25) is 5.02 Å². The van der Waals surface area contributed by atoms with Crippen molar-refractivity contribution in [1.82, 2.24) is 20.1 Å². The van der Waals surface area contributed by atoms with E-state index in [2.05, 4.69) is 31.9 Å². The molecule has 7 nitrogen and oxygen atoms in total. The molecule has 0 spiro atoms. The number of carbonyl (C=O) groups is 1. The first-order valence-electron chi connectivity index (χ1n) is 11.0. The number of carbonyl (C=O) groups excluding carboxylic acids is 1. The summed E-state index contributed by atoms with van der Waals surface area (Å²) in [6, 6.07) is 11.4. The molecule has 1 fully saturated rings. The molecular formula is C23H28ClN5O2S. The highest BCUT2D eigenvalue weighted by Gasteiger charge is 2.22. The number of hydrogen-bond acceptors (Lipinski definition) is 6. The van der Waals surface area contributed by atoms with Gasteiger partial charge in [-0.2, -0.15) is 0 Å². The van der Waals surface area contributed by atoms with E-state index in [1.807, 2.05) is 36.4 Å². The summed E-state index contributed by atoms with van der Waals surface area (Å²) in [5.74, 6) is 1.91. The van der Waals surface area contributed by atoms with Gasteiger partial charge in [0.05, 0.1) is 24.6 Å². The van der Waals surface area contributed by atoms with Gasteiger partial charge >= 0.3 is 0 Å². The number of nitrogens with one attached hydrogen (secondary N) is 1. The maximum atomic E-state index is 12.7. The van der Waals surface area contributed by atoms with E-state index in [9.17, 15) is 4.79 Å². The molecule has 3 aromatic rings. The van der Waals surface area contributed by atoms with Crippen LogP contribution in [-0.2, 0) is 11.3 Å². The fourth-order valence-electron chi connectivity index (χ4n) is 3.89. The third-order valence-corrected chi connectivity index (χ3v) is 6.80. The number of rotatable bonds is 9. The maximum absolute atomic E-state index is 12.7. The number of halogens is 1. The van der Waals surface area contributed by atoms with E-state index in [0.717, 1.165) is 54.8 Å². The average Bonchev–Trinajstić information content (AvgIpc) is 3.48. The minimum absolute atomic E-state index is 0.0381. The van der Waals surface area contributed by atoms with Gasteiger partial charge in [0, 0.05) is 18.1 Å². The highest BCUT2D eigenvalue weighted by molar-refractivity contribution is 7.99. The fraction of sp³-hybridized carbons (Fsp3) is 0.435. The maximum Gasteiger partial charge on any atom is 0.230 e. The van der Waals surface area contributed by atoms with Gasteiger partial charge in [0.2, 0.25) is 11.9 Å². The summed E-state index contributed by atoms with van der Waals surface area (Å²) in [5.41, 5.74) is 1.05. The van der Waals surface area contributed by atoms with Crippen LogP contribution in [0.25, 0.3) is 0 Å². The number of piperidine rings is 1. The molecular weight excluding hydrogens is 446 g/mol. The van der Waals surface area contributed by atoms with Crippen molar-refractivity contribution in [2.45, 2.75) is 50.4 Å². The molecule has 1 atom stereocenters. The number of nitrogens with zero attached hydrogens (tertiary/aromatic N) is 4. The van der Waals surface area contributed by atoms with Crippen LogP contribution in [-0.4, -0.2) is 39.5 Å². The number of benzene rings is 1. The molecule has 0 radical (unpaired) electrons. The van der Waals surface area contributed by atoms with Crippen LogP contribution >= 0.6 is 23.4 Å². The molecule has 0 aliphatic carbocycles. The molecule has 1 N–H and O–H groups in total. The Bertz CT molecular complexity index is 1000. The van der Waals surface area contributed by atoms with E-state index in [4.69, 9.17) is 16.0 Å².